The van der Waals surface area contributed by atoms with Gasteiger partial charge in [-0.15, -0.1) is 11.8 Å². The number of rotatable bonds is 3. The number of para-hydroxylation sites is 1. The Bertz CT molecular complexity index is 851. The summed E-state index contributed by atoms with van der Waals surface area (Å²) in [6, 6.07) is 15.2. The molecule has 0 N–H and O–H groups in total. The topological polar surface area (TPSA) is 43.1 Å². The van der Waals surface area contributed by atoms with Crippen molar-refractivity contribution >= 4 is 34.9 Å². The lowest BCUT2D eigenvalue weighted by molar-refractivity contribution is 0.563. The Labute approximate surface area is 126 Å². The van der Waals surface area contributed by atoms with E-state index in [2.05, 4.69) is 4.98 Å². The van der Waals surface area contributed by atoms with Gasteiger partial charge in [-0.05, 0) is 42.2 Å². The molecule has 3 aromatic rings. The van der Waals surface area contributed by atoms with Crippen molar-refractivity contribution in [2.45, 2.75) is 4.90 Å². The maximum Gasteiger partial charge on any atom is 0.284 e. The normalized spacial score (nSPS) is 11.3. The lowest BCUT2D eigenvalue weighted by atomic mass is 10.2. The summed E-state index contributed by atoms with van der Waals surface area (Å²) < 4.78 is 5.61. The summed E-state index contributed by atoms with van der Waals surface area (Å²) in [7, 11) is 0. The molecule has 0 fully saturated rings. The van der Waals surface area contributed by atoms with Crippen molar-refractivity contribution in [1.29, 1.82) is 0 Å². The van der Waals surface area contributed by atoms with E-state index in [-0.39, 0.29) is 5.56 Å². The largest absolute Gasteiger partial charge is 0.438 e. The molecule has 1 aromatic heterocycles. The monoisotopic (exact) mass is 295 g/mol. The molecule has 104 valence electrons. The Balaban J connectivity index is 1.93. The Morgan fingerprint density at radius 1 is 1.05 bits per heavy atom. The number of fused-ring (bicyclic) bond motifs is 1. The lowest BCUT2D eigenvalue weighted by Gasteiger charge is -1.98. The van der Waals surface area contributed by atoms with E-state index in [1.807, 2.05) is 42.7 Å². The molecule has 0 saturated carbocycles. The molecule has 4 heteroatoms. The van der Waals surface area contributed by atoms with Crippen LogP contribution in [0.4, 0.5) is 0 Å². The van der Waals surface area contributed by atoms with Crippen molar-refractivity contribution in [3.8, 4) is 0 Å². The fraction of sp³-hybridized carbons (Fsp3) is 0.0588. The minimum Gasteiger partial charge on any atom is -0.438 e. The maximum atomic E-state index is 11.9. The predicted molar refractivity (Wildman–Crippen MR) is 87.4 cm³/mol. The number of benzene rings is 2. The van der Waals surface area contributed by atoms with Crippen LogP contribution in [0.15, 0.2) is 62.6 Å². The molecule has 1 heterocycles. The van der Waals surface area contributed by atoms with E-state index in [0.29, 0.717) is 16.9 Å². The summed E-state index contributed by atoms with van der Waals surface area (Å²) in [4.78, 5) is 17.0. The fourth-order valence-corrected chi connectivity index (χ4v) is 2.39. The van der Waals surface area contributed by atoms with Crippen LogP contribution >= 0.6 is 11.8 Å². The second kappa shape index (κ2) is 5.97. The second-order valence-electron chi connectivity index (χ2n) is 4.46. The molecule has 0 atom stereocenters. The Kier molecular flexibility index (Phi) is 3.88. The van der Waals surface area contributed by atoms with E-state index in [4.69, 9.17) is 4.42 Å². The summed E-state index contributed by atoms with van der Waals surface area (Å²) >= 11 is 1.70. The molecule has 0 aliphatic rings. The molecular weight excluding hydrogens is 282 g/mol. The standard InChI is InChI=1S/C17H13NO2S/c1-21-13-9-6-12(7-10-13)8-11-16-18-17(19)14-4-2-3-5-15(14)20-16/h2-11H,1H3. The summed E-state index contributed by atoms with van der Waals surface area (Å²) in [5.74, 6) is 0.313. The number of thioether (sulfide) groups is 1. The average molecular weight is 295 g/mol. The molecular formula is C17H13NO2S. The van der Waals surface area contributed by atoms with Crippen LogP contribution in [0.25, 0.3) is 23.1 Å². The molecule has 21 heavy (non-hydrogen) atoms. The highest BCUT2D eigenvalue weighted by Gasteiger charge is 2.02. The number of aromatic nitrogens is 1. The van der Waals surface area contributed by atoms with Crippen LogP contribution in [0.5, 0.6) is 0 Å². The summed E-state index contributed by atoms with van der Waals surface area (Å²) in [5.41, 5.74) is 1.31. The second-order valence-corrected chi connectivity index (χ2v) is 5.34. The first-order valence-electron chi connectivity index (χ1n) is 6.48. The highest BCUT2D eigenvalue weighted by Crippen LogP contribution is 2.16. The molecule has 2 aromatic carbocycles. The van der Waals surface area contributed by atoms with Gasteiger partial charge >= 0.3 is 0 Å². The Hall–Kier alpha value is -2.33. The van der Waals surface area contributed by atoms with E-state index < -0.39 is 0 Å². The van der Waals surface area contributed by atoms with Crippen LogP contribution < -0.4 is 5.56 Å². The van der Waals surface area contributed by atoms with E-state index in [0.717, 1.165) is 5.56 Å². The smallest absolute Gasteiger partial charge is 0.284 e. The van der Waals surface area contributed by atoms with Gasteiger partial charge in [0.15, 0.2) is 0 Å². The van der Waals surface area contributed by atoms with E-state index in [1.165, 1.54) is 4.90 Å². The zero-order chi connectivity index (χ0) is 14.7. The first-order valence-corrected chi connectivity index (χ1v) is 7.71. The number of nitrogens with zero attached hydrogens (tertiary/aromatic N) is 1. The molecule has 0 radical (unpaired) electrons. The van der Waals surface area contributed by atoms with Gasteiger partial charge in [0.25, 0.3) is 5.56 Å². The molecule has 0 unspecified atom stereocenters. The van der Waals surface area contributed by atoms with Crippen molar-refractivity contribution in [2.75, 3.05) is 6.26 Å². The maximum absolute atomic E-state index is 11.9. The Morgan fingerprint density at radius 3 is 2.57 bits per heavy atom. The summed E-state index contributed by atoms with van der Waals surface area (Å²) in [6.07, 6.45) is 5.63. The van der Waals surface area contributed by atoms with Crippen LogP contribution in [0.3, 0.4) is 0 Å². The van der Waals surface area contributed by atoms with E-state index in [1.54, 1.807) is 36.0 Å². The van der Waals surface area contributed by atoms with Crippen LogP contribution in [-0.2, 0) is 0 Å². The predicted octanol–water partition coefficient (Wildman–Crippen LogP) is 4.08. The third-order valence-electron chi connectivity index (χ3n) is 3.08. The SMILES string of the molecule is CSc1ccc(C=Cc2nc(=O)c3ccccc3o2)cc1. The van der Waals surface area contributed by atoms with Gasteiger partial charge in [0, 0.05) is 11.0 Å². The number of hydrogen-bond acceptors (Lipinski definition) is 4. The molecule has 3 nitrogen and oxygen atoms in total. The third-order valence-corrected chi connectivity index (χ3v) is 3.82. The van der Waals surface area contributed by atoms with Gasteiger partial charge in [0.05, 0.1) is 5.39 Å². The van der Waals surface area contributed by atoms with Gasteiger partial charge in [-0.3, -0.25) is 4.79 Å². The quantitative estimate of drug-likeness (QED) is 0.683. The number of hydrogen-bond donors (Lipinski definition) is 0. The van der Waals surface area contributed by atoms with Crippen LogP contribution in [0.1, 0.15) is 11.5 Å². The zero-order valence-electron chi connectivity index (χ0n) is 11.4. The van der Waals surface area contributed by atoms with Gasteiger partial charge in [0.2, 0.25) is 5.89 Å². The average Bonchev–Trinajstić information content (AvgIpc) is 2.53. The van der Waals surface area contributed by atoms with Crippen LogP contribution in [-0.4, -0.2) is 11.2 Å². The molecule has 0 spiro atoms. The van der Waals surface area contributed by atoms with Gasteiger partial charge < -0.3 is 4.42 Å². The zero-order valence-corrected chi connectivity index (χ0v) is 12.3. The first kappa shape index (κ1) is 13.6. The van der Waals surface area contributed by atoms with Crippen molar-refractivity contribution in [2.24, 2.45) is 0 Å². The van der Waals surface area contributed by atoms with Gasteiger partial charge in [-0.25, -0.2) is 0 Å². The first-order chi connectivity index (χ1) is 10.3. The van der Waals surface area contributed by atoms with E-state index in [9.17, 15) is 4.79 Å². The van der Waals surface area contributed by atoms with Crippen molar-refractivity contribution < 1.29 is 4.42 Å². The third kappa shape index (κ3) is 3.06. The molecule has 0 saturated heterocycles. The van der Waals surface area contributed by atoms with Gasteiger partial charge in [0.1, 0.15) is 5.58 Å². The minimum absolute atomic E-state index is 0.269. The summed E-state index contributed by atoms with van der Waals surface area (Å²) in [5, 5.41) is 0.499. The molecule has 0 bridgehead atoms. The Morgan fingerprint density at radius 2 is 1.81 bits per heavy atom. The fourth-order valence-electron chi connectivity index (χ4n) is 1.98. The summed E-state index contributed by atoms with van der Waals surface area (Å²) in [6.45, 7) is 0. The van der Waals surface area contributed by atoms with Crippen molar-refractivity contribution in [1.82, 2.24) is 4.98 Å². The lowest BCUT2D eigenvalue weighted by Crippen LogP contribution is -2.06. The van der Waals surface area contributed by atoms with Crippen LogP contribution in [0, 0.1) is 0 Å². The molecule has 0 aliphatic carbocycles. The molecule has 3 rings (SSSR count). The van der Waals surface area contributed by atoms with Crippen molar-refractivity contribution in [3.05, 3.63) is 70.3 Å². The highest BCUT2D eigenvalue weighted by molar-refractivity contribution is 7.98. The van der Waals surface area contributed by atoms with Gasteiger partial charge in [-0.2, -0.15) is 4.98 Å². The molecule has 0 aliphatic heterocycles. The van der Waals surface area contributed by atoms with Gasteiger partial charge in [-0.1, -0.05) is 24.3 Å². The van der Waals surface area contributed by atoms with Crippen molar-refractivity contribution in [3.63, 3.8) is 0 Å². The van der Waals surface area contributed by atoms with Crippen LogP contribution in [0.2, 0.25) is 0 Å². The molecule has 0 amide bonds. The van der Waals surface area contributed by atoms with E-state index >= 15 is 0 Å². The highest BCUT2D eigenvalue weighted by atomic mass is 32.2. The minimum atomic E-state index is -0.269.